The molecule has 0 bridgehead atoms. The minimum atomic E-state index is 0.805. The topological polar surface area (TPSA) is 99.3 Å². The molecule has 6 aromatic rings. The van der Waals surface area contributed by atoms with Crippen LogP contribution in [0.2, 0.25) is 0 Å². The van der Waals surface area contributed by atoms with Gasteiger partial charge in [0.15, 0.2) is 0 Å². The summed E-state index contributed by atoms with van der Waals surface area (Å²) in [4.78, 5) is 23.2. The van der Waals surface area contributed by atoms with E-state index in [4.69, 9.17) is 0 Å². The zero-order chi connectivity index (χ0) is 22.4. The van der Waals surface area contributed by atoms with Gasteiger partial charge in [0, 0.05) is 60.8 Å². The largest absolute Gasteiger partial charge is 0.376 e. The predicted molar refractivity (Wildman–Crippen MR) is 130 cm³/mol. The van der Waals surface area contributed by atoms with E-state index < -0.39 is 0 Å². The number of pyridine rings is 4. The molecule has 6 aromatic heterocycles. The SMILES string of the molecule is CN(C)c1cncc(-c2cc3c(-c4cc5c(-c6cccnc6)ccnc5[nH]4)n[nH]c3cn2)c1. The maximum absolute atomic E-state index is 4.62. The number of H-pyrrole nitrogens is 2. The van der Waals surface area contributed by atoms with Crippen LogP contribution in [-0.2, 0) is 0 Å². The van der Waals surface area contributed by atoms with E-state index in [0.29, 0.717) is 0 Å². The van der Waals surface area contributed by atoms with Crippen LogP contribution in [0.15, 0.2) is 73.6 Å². The van der Waals surface area contributed by atoms with Crippen LogP contribution in [-0.4, -0.2) is 49.2 Å². The van der Waals surface area contributed by atoms with E-state index in [-0.39, 0.29) is 0 Å². The van der Waals surface area contributed by atoms with E-state index in [0.717, 1.165) is 61.4 Å². The van der Waals surface area contributed by atoms with Crippen molar-refractivity contribution in [3.8, 4) is 33.8 Å². The Labute approximate surface area is 189 Å². The van der Waals surface area contributed by atoms with Gasteiger partial charge in [-0.1, -0.05) is 6.07 Å². The van der Waals surface area contributed by atoms with E-state index in [1.165, 1.54) is 0 Å². The zero-order valence-corrected chi connectivity index (χ0v) is 18.1. The summed E-state index contributed by atoms with van der Waals surface area (Å²) in [6.07, 6.45) is 10.9. The summed E-state index contributed by atoms with van der Waals surface area (Å²) in [6, 6.07) is 12.2. The number of rotatable bonds is 4. The van der Waals surface area contributed by atoms with Gasteiger partial charge in [0.25, 0.3) is 0 Å². The van der Waals surface area contributed by atoms with Crippen molar-refractivity contribution in [3.05, 3.63) is 73.6 Å². The lowest BCUT2D eigenvalue weighted by atomic mass is 10.1. The van der Waals surface area contributed by atoms with Gasteiger partial charge in [-0.2, -0.15) is 5.10 Å². The van der Waals surface area contributed by atoms with Gasteiger partial charge in [-0.05, 0) is 35.9 Å². The molecule has 8 heteroatoms. The third-order valence-corrected chi connectivity index (χ3v) is 5.74. The van der Waals surface area contributed by atoms with E-state index in [1.807, 2.05) is 68.0 Å². The van der Waals surface area contributed by atoms with Crippen LogP contribution in [0.25, 0.3) is 55.7 Å². The van der Waals surface area contributed by atoms with Gasteiger partial charge in [-0.25, -0.2) is 4.98 Å². The van der Waals surface area contributed by atoms with Crippen molar-refractivity contribution in [2.24, 2.45) is 0 Å². The van der Waals surface area contributed by atoms with Crippen LogP contribution in [0.4, 0.5) is 5.69 Å². The maximum atomic E-state index is 4.62. The Bertz CT molecular complexity index is 1600. The lowest BCUT2D eigenvalue weighted by Gasteiger charge is -2.12. The molecule has 0 spiro atoms. The number of aromatic amines is 2. The molecule has 160 valence electrons. The molecule has 8 nitrogen and oxygen atoms in total. The number of anilines is 1. The third-order valence-electron chi connectivity index (χ3n) is 5.74. The molecule has 0 amide bonds. The fourth-order valence-electron chi connectivity index (χ4n) is 4.02. The van der Waals surface area contributed by atoms with Gasteiger partial charge in [-0.15, -0.1) is 0 Å². The highest BCUT2D eigenvalue weighted by atomic mass is 15.1. The number of hydrogen-bond donors (Lipinski definition) is 2. The van der Waals surface area contributed by atoms with Crippen molar-refractivity contribution < 1.29 is 0 Å². The molecule has 0 saturated carbocycles. The van der Waals surface area contributed by atoms with Gasteiger partial charge in [0.1, 0.15) is 11.3 Å². The Hall–Kier alpha value is -4.59. The van der Waals surface area contributed by atoms with Gasteiger partial charge in [0.2, 0.25) is 0 Å². The minimum absolute atomic E-state index is 0.805. The Morgan fingerprint density at radius 2 is 1.73 bits per heavy atom. The predicted octanol–water partition coefficient (Wildman–Crippen LogP) is 4.69. The molecule has 0 fully saturated rings. The van der Waals surface area contributed by atoms with Crippen molar-refractivity contribution in [2.45, 2.75) is 0 Å². The lowest BCUT2D eigenvalue weighted by molar-refractivity contribution is 1.11. The molecular weight excluding hydrogens is 412 g/mol. The molecule has 6 rings (SSSR count). The van der Waals surface area contributed by atoms with Crippen LogP contribution in [0, 0.1) is 0 Å². The van der Waals surface area contributed by atoms with E-state index in [2.05, 4.69) is 47.2 Å². The molecule has 0 aliphatic heterocycles. The van der Waals surface area contributed by atoms with Crippen molar-refractivity contribution in [1.82, 2.24) is 35.1 Å². The highest BCUT2D eigenvalue weighted by Gasteiger charge is 2.15. The number of aromatic nitrogens is 7. The summed E-state index contributed by atoms with van der Waals surface area (Å²) in [5.41, 5.74) is 8.30. The Morgan fingerprint density at radius 1 is 0.818 bits per heavy atom. The minimum Gasteiger partial charge on any atom is -0.376 e. The van der Waals surface area contributed by atoms with Gasteiger partial charge < -0.3 is 9.88 Å². The average molecular weight is 432 g/mol. The second-order valence-electron chi connectivity index (χ2n) is 8.06. The molecule has 2 N–H and O–H groups in total. The van der Waals surface area contributed by atoms with Crippen LogP contribution in [0.3, 0.4) is 0 Å². The average Bonchev–Trinajstić information content (AvgIpc) is 3.48. The van der Waals surface area contributed by atoms with Crippen molar-refractivity contribution in [2.75, 3.05) is 19.0 Å². The molecule has 0 aromatic carbocycles. The van der Waals surface area contributed by atoms with E-state index in [9.17, 15) is 0 Å². The molecule has 0 unspecified atom stereocenters. The van der Waals surface area contributed by atoms with Crippen LogP contribution in [0.5, 0.6) is 0 Å². The molecule has 0 atom stereocenters. The van der Waals surface area contributed by atoms with Gasteiger partial charge in [0.05, 0.1) is 35.0 Å². The van der Waals surface area contributed by atoms with E-state index >= 15 is 0 Å². The van der Waals surface area contributed by atoms with Crippen molar-refractivity contribution >= 4 is 27.6 Å². The Balaban J connectivity index is 1.48. The van der Waals surface area contributed by atoms with Crippen LogP contribution >= 0.6 is 0 Å². The molecule has 0 aliphatic carbocycles. The summed E-state index contributed by atoms with van der Waals surface area (Å²) in [7, 11) is 3.99. The zero-order valence-electron chi connectivity index (χ0n) is 18.1. The monoisotopic (exact) mass is 432 g/mol. The van der Waals surface area contributed by atoms with Crippen molar-refractivity contribution in [3.63, 3.8) is 0 Å². The highest BCUT2D eigenvalue weighted by Crippen LogP contribution is 2.34. The first kappa shape index (κ1) is 19.1. The summed E-state index contributed by atoms with van der Waals surface area (Å²) in [5, 5.41) is 9.68. The molecular formula is C25H20N8. The second kappa shape index (κ2) is 7.52. The number of nitrogens with zero attached hydrogens (tertiary/aromatic N) is 6. The summed E-state index contributed by atoms with van der Waals surface area (Å²) in [6.45, 7) is 0. The summed E-state index contributed by atoms with van der Waals surface area (Å²) < 4.78 is 0. The number of hydrogen-bond acceptors (Lipinski definition) is 6. The van der Waals surface area contributed by atoms with Crippen molar-refractivity contribution in [1.29, 1.82) is 0 Å². The second-order valence-corrected chi connectivity index (χ2v) is 8.06. The lowest BCUT2D eigenvalue weighted by Crippen LogP contribution is -2.08. The van der Waals surface area contributed by atoms with Gasteiger partial charge >= 0.3 is 0 Å². The fourth-order valence-corrected chi connectivity index (χ4v) is 4.02. The number of fused-ring (bicyclic) bond motifs is 2. The van der Waals surface area contributed by atoms with Crippen LogP contribution < -0.4 is 4.90 Å². The summed E-state index contributed by atoms with van der Waals surface area (Å²) in [5.74, 6) is 0. The standard InChI is InChI=1S/C25H20N8/c1-33(2)17-8-16(12-27-13-17)21-10-20-23(14-29-21)31-32-24(20)22-9-19-18(5-7-28-25(19)30-22)15-4-3-6-26-11-15/h3-14H,1-2H3,(H,28,30)(H,31,32). The maximum Gasteiger partial charge on any atom is 0.138 e. The third kappa shape index (κ3) is 3.28. The first-order chi connectivity index (χ1) is 16.2. The Kier molecular flexibility index (Phi) is 4.36. The normalized spacial score (nSPS) is 11.3. The van der Waals surface area contributed by atoms with E-state index in [1.54, 1.807) is 12.4 Å². The molecule has 0 saturated heterocycles. The molecule has 33 heavy (non-hydrogen) atoms. The highest BCUT2D eigenvalue weighted by molar-refractivity contribution is 6.00. The molecule has 6 heterocycles. The van der Waals surface area contributed by atoms with Crippen LogP contribution in [0.1, 0.15) is 0 Å². The summed E-state index contributed by atoms with van der Waals surface area (Å²) >= 11 is 0. The smallest absolute Gasteiger partial charge is 0.138 e. The Morgan fingerprint density at radius 3 is 2.58 bits per heavy atom. The fraction of sp³-hybridized carbons (Fsp3) is 0.0800. The first-order valence-electron chi connectivity index (χ1n) is 10.5. The first-order valence-corrected chi connectivity index (χ1v) is 10.5. The molecule has 0 aliphatic rings. The quantitative estimate of drug-likeness (QED) is 0.419. The number of nitrogens with one attached hydrogen (secondary N) is 2. The van der Waals surface area contributed by atoms with Gasteiger partial charge in [-0.3, -0.25) is 20.1 Å². The molecule has 0 radical (unpaired) electrons.